The third-order valence-electron chi connectivity index (χ3n) is 6.27. The smallest absolute Gasteiger partial charge is 0.413 e. The molecule has 0 atom stereocenters. The van der Waals surface area contributed by atoms with Crippen molar-refractivity contribution in [2.24, 2.45) is 5.73 Å². The van der Waals surface area contributed by atoms with E-state index in [9.17, 15) is 19.2 Å². The minimum atomic E-state index is -0.721. The lowest BCUT2D eigenvalue weighted by atomic mass is 10.1. The first-order chi connectivity index (χ1) is 22.9. The Hall–Kier alpha value is -4.62. The maximum Gasteiger partial charge on any atom is 0.413 e. The molecule has 0 aliphatic rings. The Morgan fingerprint density at radius 2 is 1.10 bits per heavy atom. The van der Waals surface area contributed by atoms with Crippen molar-refractivity contribution in [3.63, 3.8) is 0 Å². The summed E-state index contributed by atoms with van der Waals surface area (Å²) in [5.41, 5.74) is 4.74. The third kappa shape index (κ3) is 19.7. The number of primary amides is 1. The van der Waals surface area contributed by atoms with E-state index in [1.807, 2.05) is 6.92 Å². The topological polar surface area (TPSA) is 191 Å². The van der Waals surface area contributed by atoms with Gasteiger partial charge in [0.25, 0.3) is 11.8 Å². The van der Waals surface area contributed by atoms with Crippen molar-refractivity contribution in [3.05, 3.63) is 48.1 Å². The number of nitrogens with two attached hydrogens (primary N) is 1. The fraction of sp³-hybridized carbons (Fsp3) is 0.600. The summed E-state index contributed by atoms with van der Waals surface area (Å²) >= 11 is 0. The van der Waals surface area contributed by atoms with E-state index in [4.69, 9.17) is 24.7 Å². The van der Waals surface area contributed by atoms with Crippen LogP contribution in [0.2, 0.25) is 0 Å². The first-order valence-electron chi connectivity index (χ1n) is 16.8. The Labute approximate surface area is 291 Å². The van der Waals surface area contributed by atoms with Crippen LogP contribution in [0.5, 0.6) is 11.5 Å². The summed E-state index contributed by atoms with van der Waals surface area (Å²) in [4.78, 5) is 48.9. The van der Waals surface area contributed by atoms with Gasteiger partial charge in [0, 0.05) is 25.7 Å². The van der Waals surface area contributed by atoms with Gasteiger partial charge >= 0.3 is 12.2 Å². The van der Waals surface area contributed by atoms with Gasteiger partial charge in [-0.1, -0.05) is 20.1 Å². The molecule has 0 unspecified atom stereocenters. The molecule has 14 nitrogen and oxygen atoms in total. The average Bonchev–Trinajstić information content (AvgIpc) is 2.96. The number of nitrogens with one attached hydrogen (secondary N) is 5. The molecule has 0 aromatic heterocycles. The number of alkyl carbamates (subject to hydrolysis) is 2. The van der Waals surface area contributed by atoms with Gasteiger partial charge in [-0.15, -0.1) is 0 Å². The molecule has 1 aromatic rings. The first-order valence-corrected chi connectivity index (χ1v) is 16.8. The van der Waals surface area contributed by atoms with Crippen LogP contribution in [0.25, 0.3) is 0 Å². The van der Waals surface area contributed by atoms with E-state index in [1.165, 1.54) is 6.07 Å². The number of unbranched alkanes of at least 4 members (excludes halogenated alkanes) is 4. The quantitative estimate of drug-likeness (QED) is 0.0883. The molecule has 14 heteroatoms. The standard InChI is InChI=1S/C35H58N6O8/c1-10-17-39-31(43)27-22-26(30(36)42)28(46-20-15-11-13-18-37-24(2)40-32(44)48-34(4,5)6)23-29(27)47-21-16-12-14-19-38-25(3)41-33(45)49-35(7,8)9/h22-23,37-38H,2-3,10-21H2,1,4-9H3,(H2,36,42)(H,39,43)(H,40,44)(H,41,45). The minimum absolute atomic E-state index is 0.0893. The van der Waals surface area contributed by atoms with Gasteiger partial charge in [0.15, 0.2) is 0 Å². The summed E-state index contributed by atoms with van der Waals surface area (Å²) in [7, 11) is 0. The number of carbonyl (C=O) groups excluding carboxylic acids is 4. The van der Waals surface area contributed by atoms with Crippen LogP contribution >= 0.6 is 0 Å². The molecule has 0 fully saturated rings. The van der Waals surface area contributed by atoms with Crippen molar-refractivity contribution < 1.29 is 38.1 Å². The van der Waals surface area contributed by atoms with Crippen LogP contribution in [-0.2, 0) is 9.47 Å². The molecule has 0 aliphatic carbocycles. The first kappa shape index (κ1) is 42.4. The van der Waals surface area contributed by atoms with Crippen molar-refractivity contribution in [2.45, 2.75) is 105 Å². The van der Waals surface area contributed by atoms with E-state index in [-0.39, 0.29) is 22.8 Å². The van der Waals surface area contributed by atoms with Gasteiger partial charge in [0.1, 0.15) is 34.3 Å². The van der Waals surface area contributed by atoms with Crippen molar-refractivity contribution in [2.75, 3.05) is 32.8 Å². The highest BCUT2D eigenvalue weighted by molar-refractivity contribution is 6.02. The Morgan fingerprint density at radius 1 is 0.653 bits per heavy atom. The number of carbonyl (C=O) groups is 4. The van der Waals surface area contributed by atoms with Gasteiger partial charge in [0.05, 0.1) is 24.3 Å². The van der Waals surface area contributed by atoms with Gasteiger partial charge in [-0.2, -0.15) is 0 Å². The molecule has 0 bridgehead atoms. The lowest BCUT2D eigenvalue weighted by Crippen LogP contribution is -2.36. The Bertz CT molecular complexity index is 1270. The van der Waals surface area contributed by atoms with E-state index >= 15 is 0 Å². The van der Waals surface area contributed by atoms with Crippen LogP contribution in [0, 0.1) is 0 Å². The molecule has 0 aliphatic heterocycles. The second-order valence-corrected chi connectivity index (χ2v) is 13.3. The van der Waals surface area contributed by atoms with Gasteiger partial charge in [-0.25, -0.2) is 9.59 Å². The van der Waals surface area contributed by atoms with Crippen molar-refractivity contribution in [1.29, 1.82) is 0 Å². The third-order valence-corrected chi connectivity index (χ3v) is 6.27. The number of hydrogen-bond donors (Lipinski definition) is 6. The van der Waals surface area contributed by atoms with E-state index in [0.717, 1.165) is 32.1 Å². The average molecular weight is 691 g/mol. The molecule has 1 rings (SSSR count). The lowest BCUT2D eigenvalue weighted by Gasteiger charge is -2.20. The molecule has 1 aromatic carbocycles. The van der Waals surface area contributed by atoms with Crippen LogP contribution in [-0.4, -0.2) is 68.1 Å². The zero-order valence-electron chi connectivity index (χ0n) is 30.4. The number of ether oxygens (including phenoxy) is 4. The predicted octanol–water partition coefficient (Wildman–Crippen LogP) is 5.19. The molecule has 0 saturated carbocycles. The Kier molecular flexibility index (Phi) is 18.5. The molecular formula is C35H58N6O8. The highest BCUT2D eigenvalue weighted by Gasteiger charge is 2.21. The SMILES string of the molecule is C=C(NCCCCCOc1cc(OCCCCCNC(=C)NC(=O)OC(C)(C)C)c(C(=O)NCCC)cc1C(N)=O)NC(=O)OC(C)(C)C. The molecule has 276 valence electrons. The molecule has 0 radical (unpaired) electrons. The molecule has 4 amide bonds. The molecule has 0 saturated heterocycles. The fourth-order valence-corrected chi connectivity index (χ4v) is 4.10. The van der Waals surface area contributed by atoms with E-state index in [2.05, 4.69) is 39.7 Å². The number of rotatable bonds is 22. The van der Waals surface area contributed by atoms with Gasteiger partial charge in [-0.05, 0) is 92.6 Å². The Balaban J connectivity index is 2.65. The summed E-state index contributed by atoms with van der Waals surface area (Å²) < 4.78 is 22.4. The molecule has 0 spiro atoms. The number of hydrogen-bond acceptors (Lipinski definition) is 10. The fourth-order valence-electron chi connectivity index (χ4n) is 4.10. The molecule has 49 heavy (non-hydrogen) atoms. The summed E-state index contributed by atoms with van der Waals surface area (Å²) in [6.45, 7) is 22.4. The summed E-state index contributed by atoms with van der Waals surface area (Å²) in [6, 6.07) is 2.96. The zero-order chi connectivity index (χ0) is 37.0. The maximum absolute atomic E-state index is 12.9. The van der Waals surface area contributed by atoms with Gasteiger partial charge < -0.3 is 40.6 Å². The Morgan fingerprint density at radius 3 is 1.51 bits per heavy atom. The van der Waals surface area contributed by atoms with E-state index in [1.54, 1.807) is 47.6 Å². The van der Waals surface area contributed by atoms with Crippen LogP contribution in [0.15, 0.2) is 36.9 Å². The van der Waals surface area contributed by atoms with Crippen molar-refractivity contribution in [1.82, 2.24) is 26.6 Å². The highest BCUT2D eigenvalue weighted by atomic mass is 16.6. The van der Waals surface area contributed by atoms with E-state index < -0.39 is 29.3 Å². The summed E-state index contributed by atoms with van der Waals surface area (Å²) in [5, 5.41) is 14.0. The van der Waals surface area contributed by atoms with Crippen molar-refractivity contribution >= 4 is 24.0 Å². The van der Waals surface area contributed by atoms with Crippen molar-refractivity contribution in [3.8, 4) is 11.5 Å². The van der Waals surface area contributed by atoms with Gasteiger partial charge in [-0.3, -0.25) is 20.2 Å². The molecular weight excluding hydrogens is 632 g/mol. The van der Waals surface area contributed by atoms with Crippen LogP contribution < -0.4 is 41.8 Å². The second-order valence-electron chi connectivity index (χ2n) is 13.3. The number of amides is 4. The highest BCUT2D eigenvalue weighted by Crippen LogP contribution is 2.30. The molecule has 0 heterocycles. The van der Waals surface area contributed by atoms with Crippen LogP contribution in [0.3, 0.4) is 0 Å². The normalized spacial score (nSPS) is 11.1. The zero-order valence-corrected chi connectivity index (χ0v) is 30.4. The number of benzene rings is 1. The molecule has 7 N–H and O–H groups in total. The summed E-state index contributed by atoms with van der Waals surface area (Å²) in [6.07, 6.45) is 4.09. The monoisotopic (exact) mass is 690 g/mol. The minimum Gasteiger partial charge on any atom is -0.493 e. The van der Waals surface area contributed by atoms with Crippen LogP contribution in [0.4, 0.5) is 9.59 Å². The van der Waals surface area contributed by atoms with Gasteiger partial charge in [0.2, 0.25) is 0 Å². The largest absolute Gasteiger partial charge is 0.493 e. The maximum atomic E-state index is 12.9. The van der Waals surface area contributed by atoms with Crippen LogP contribution in [0.1, 0.15) is 114 Å². The van der Waals surface area contributed by atoms with E-state index in [0.29, 0.717) is 63.1 Å². The lowest BCUT2D eigenvalue weighted by molar-refractivity contribution is 0.0530. The second kappa shape index (κ2) is 21.4. The predicted molar refractivity (Wildman–Crippen MR) is 189 cm³/mol. The summed E-state index contributed by atoms with van der Waals surface area (Å²) in [5.74, 6) is 0.139.